The van der Waals surface area contributed by atoms with E-state index in [9.17, 15) is 9.59 Å². The summed E-state index contributed by atoms with van der Waals surface area (Å²) in [5.41, 5.74) is 3.03. The zero-order valence-corrected chi connectivity index (χ0v) is 19.6. The lowest BCUT2D eigenvalue weighted by Gasteiger charge is -2.33. The third-order valence-electron chi connectivity index (χ3n) is 6.43. The monoisotopic (exact) mass is 436 g/mol. The maximum Gasteiger partial charge on any atom is 0.243 e. The molecular weight excluding hydrogens is 400 g/mol. The van der Waals surface area contributed by atoms with Gasteiger partial charge in [-0.1, -0.05) is 62.6 Å². The van der Waals surface area contributed by atoms with Crippen LogP contribution in [0, 0.1) is 6.92 Å². The zero-order valence-electron chi connectivity index (χ0n) is 19.6. The number of benzene rings is 2. The number of rotatable bonds is 9. The molecule has 0 bridgehead atoms. The fourth-order valence-corrected chi connectivity index (χ4v) is 4.50. The van der Waals surface area contributed by atoms with E-state index in [1.807, 2.05) is 62.4 Å². The van der Waals surface area contributed by atoms with Crippen LogP contribution in [0.15, 0.2) is 48.5 Å². The minimum absolute atomic E-state index is 0.0345. The second kappa shape index (κ2) is 11.7. The van der Waals surface area contributed by atoms with E-state index in [4.69, 9.17) is 4.74 Å². The minimum atomic E-state index is -0.500. The second-order valence-electron chi connectivity index (χ2n) is 8.74. The van der Waals surface area contributed by atoms with Gasteiger partial charge in [-0.3, -0.25) is 9.59 Å². The van der Waals surface area contributed by atoms with Crippen LogP contribution in [0.5, 0.6) is 5.75 Å². The van der Waals surface area contributed by atoms with E-state index < -0.39 is 6.04 Å². The summed E-state index contributed by atoms with van der Waals surface area (Å²) in [6.07, 6.45) is 6.44. The molecule has 2 aromatic carbocycles. The molecule has 32 heavy (non-hydrogen) atoms. The van der Waals surface area contributed by atoms with Gasteiger partial charge in [-0.15, -0.1) is 0 Å². The number of nitrogens with one attached hydrogen (secondary N) is 1. The van der Waals surface area contributed by atoms with Crippen LogP contribution in [0.1, 0.15) is 62.1 Å². The first kappa shape index (κ1) is 23.8. The number of ether oxygens (including phenoxy) is 1. The number of hydrogen-bond donors (Lipinski definition) is 1. The molecule has 172 valence electrons. The largest absolute Gasteiger partial charge is 0.497 e. The molecule has 1 fully saturated rings. The van der Waals surface area contributed by atoms with Gasteiger partial charge in [-0.2, -0.15) is 0 Å². The van der Waals surface area contributed by atoms with E-state index in [1.165, 1.54) is 6.42 Å². The van der Waals surface area contributed by atoms with Gasteiger partial charge in [-0.25, -0.2) is 0 Å². The Morgan fingerprint density at radius 1 is 1.09 bits per heavy atom. The van der Waals surface area contributed by atoms with Gasteiger partial charge in [0.2, 0.25) is 11.8 Å². The Morgan fingerprint density at radius 3 is 2.53 bits per heavy atom. The van der Waals surface area contributed by atoms with Crippen molar-refractivity contribution in [2.24, 2.45) is 0 Å². The molecule has 1 aliphatic rings. The predicted molar refractivity (Wildman–Crippen MR) is 128 cm³/mol. The Bertz CT molecular complexity index is 905. The normalized spacial score (nSPS) is 15.1. The summed E-state index contributed by atoms with van der Waals surface area (Å²) in [7, 11) is 1.63. The second-order valence-corrected chi connectivity index (χ2v) is 8.74. The standard InChI is InChI=1S/C27H36N2O3/c1-4-25(27(31)28-23-14-6-5-7-15-23)29(19-21-12-10-16-24(17-21)32-3)26(30)18-22-13-9-8-11-20(22)2/h8-13,16-17,23,25H,4-7,14-15,18-19H2,1-3H3,(H,28,31). The molecule has 2 aromatic rings. The first-order valence-electron chi connectivity index (χ1n) is 11.8. The number of carbonyl (C=O) groups excluding carboxylic acids is 2. The van der Waals surface area contributed by atoms with Crippen molar-refractivity contribution in [1.29, 1.82) is 0 Å². The topological polar surface area (TPSA) is 58.6 Å². The Balaban J connectivity index is 1.83. The Morgan fingerprint density at radius 2 is 1.84 bits per heavy atom. The van der Waals surface area contributed by atoms with Crippen LogP contribution >= 0.6 is 0 Å². The average molecular weight is 437 g/mol. The summed E-state index contributed by atoms with van der Waals surface area (Å²) >= 11 is 0. The lowest BCUT2D eigenvalue weighted by molar-refractivity contribution is -0.141. The van der Waals surface area contributed by atoms with Gasteiger partial charge in [0.25, 0.3) is 0 Å². The number of hydrogen-bond acceptors (Lipinski definition) is 3. The number of aryl methyl sites for hydroxylation is 1. The summed E-state index contributed by atoms with van der Waals surface area (Å²) in [6.45, 7) is 4.37. The molecule has 5 heteroatoms. The molecule has 1 atom stereocenters. The van der Waals surface area contributed by atoms with Crippen molar-refractivity contribution in [3.63, 3.8) is 0 Å². The van der Waals surface area contributed by atoms with Crippen molar-refractivity contribution in [3.8, 4) is 5.75 Å². The summed E-state index contributed by atoms with van der Waals surface area (Å²) in [5, 5.41) is 3.23. The highest BCUT2D eigenvalue weighted by Gasteiger charge is 2.30. The van der Waals surface area contributed by atoms with Crippen molar-refractivity contribution in [2.75, 3.05) is 7.11 Å². The molecule has 1 unspecified atom stereocenters. The maximum absolute atomic E-state index is 13.5. The van der Waals surface area contributed by atoms with E-state index in [1.54, 1.807) is 12.0 Å². The lowest BCUT2D eigenvalue weighted by atomic mass is 9.95. The maximum atomic E-state index is 13.5. The van der Waals surface area contributed by atoms with Crippen LogP contribution in [0.4, 0.5) is 0 Å². The van der Waals surface area contributed by atoms with Crippen LogP contribution in [-0.4, -0.2) is 35.9 Å². The smallest absolute Gasteiger partial charge is 0.243 e. The molecule has 1 aliphatic carbocycles. The highest BCUT2D eigenvalue weighted by Crippen LogP contribution is 2.21. The highest BCUT2D eigenvalue weighted by atomic mass is 16.5. The number of carbonyl (C=O) groups is 2. The fraction of sp³-hybridized carbons (Fsp3) is 0.481. The van der Waals surface area contributed by atoms with Crippen molar-refractivity contribution in [1.82, 2.24) is 10.2 Å². The van der Waals surface area contributed by atoms with Gasteiger partial charge in [0.05, 0.1) is 13.5 Å². The van der Waals surface area contributed by atoms with Crippen LogP contribution in [0.25, 0.3) is 0 Å². The summed E-state index contributed by atoms with van der Waals surface area (Å²) in [5.74, 6) is 0.668. The highest BCUT2D eigenvalue weighted by molar-refractivity contribution is 5.88. The molecule has 0 aliphatic heterocycles. The summed E-state index contributed by atoms with van der Waals surface area (Å²) in [4.78, 5) is 28.6. The Labute approximate surface area is 192 Å². The molecule has 3 rings (SSSR count). The van der Waals surface area contributed by atoms with Gasteiger partial charge in [-0.05, 0) is 55.0 Å². The minimum Gasteiger partial charge on any atom is -0.497 e. The van der Waals surface area contributed by atoms with E-state index in [2.05, 4.69) is 5.32 Å². The van der Waals surface area contributed by atoms with Crippen molar-refractivity contribution >= 4 is 11.8 Å². The molecular formula is C27H36N2O3. The van der Waals surface area contributed by atoms with Crippen molar-refractivity contribution in [3.05, 3.63) is 65.2 Å². The first-order valence-corrected chi connectivity index (χ1v) is 11.8. The predicted octanol–water partition coefficient (Wildman–Crippen LogP) is 4.80. The quantitative estimate of drug-likeness (QED) is 0.614. The lowest BCUT2D eigenvalue weighted by Crippen LogP contribution is -2.52. The van der Waals surface area contributed by atoms with Crippen LogP contribution in [0.2, 0.25) is 0 Å². The Hall–Kier alpha value is -2.82. The van der Waals surface area contributed by atoms with Gasteiger partial charge in [0, 0.05) is 12.6 Å². The SMILES string of the molecule is CCC(C(=O)NC1CCCCC1)N(Cc1cccc(OC)c1)C(=O)Cc1ccccc1C. The molecule has 1 N–H and O–H groups in total. The van der Waals surface area contributed by atoms with Crippen molar-refractivity contribution in [2.45, 2.75) is 77.4 Å². The third kappa shape index (κ3) is 6.35. The van der Waals surface area contributed by atoms with E-state index >= 15 is 0 Å². The Kier molecular flexibility index (Phi) is 8.72. The van der Waals surface area contributed by atoms with Gasteiger partial charge >= 0.3 is 0 Å². The van der Waals surface area contributed by atoms with Crippen LogP contribution < -0.4 is 10.1 Å². The summed E-state index contributed by atoms with van der Waals surface area (Å²) < 4.78 is 5.36. The van der Waals surface area contributed by atoms with Crippen molar-refractivity contribution < 1.29 is 14.3 Å². The number of amides is 2. The van der Waals surface area contributed by atoms with Crippen LogP contribution in [0.3, 0.4) is 0 Å². The third-order valence-corrected chi connectivity index (χ3v) is 6.43. The summed E-state index contributed by atoms with van der Waals surface area (Å²) in [6, 6.07) is 15.4. The first-order chi connectivity index (χ1) is 15.5. The number of nitrogens with zero attached hydrogens (tertiary/aromatic N) is 1. The molecule has 2 amide bonds. The molecule has 1 saturated carbocycles. The van der Waals surface area contributed by atoms with E-state index in [0.29, 0.717) is 13.0 Å². The molecule has 0 saturated heterocycles. The molecule has 0 heterocycles. The molecule has 5 nitrogen and oxygen atoms in total. The average Bonchev–Trinajstić information content (AvgIpc) is 2.81. The van der Waals surface area contributed by atoms with Gasteiger partial charge < -0.3 is 15.0 Å². The molecule has 0 radical (unpaired) electrons. The fourth-order valence-electron chi connectivity index (χ4n) is 4.50. The van der Waals surface area contributed by atoms with E-state index in [-0.39, 0.29) is 24.3 Å². The zero-order chi connectivity index (χ0) is 22.9. The number of methoxy groups -OCH3 is 1. The van der Waals surface area contributed by atoms with Gasteiger partial charge in [0.1, 0.15) is 11.8 Å². The molecule has 0 spiro atoms. The van der Waals surface area contributed by atoms with Gasteiger partial charge in [0.15, 0.2) is 0 Å². The van der Waals surface area contributed by atoms with Crippen LogP contribution in [-0.2, 0) is 22.6 Å². The molecule has 0 aromatic heterocycles. The van der Waals surface area contributed by atoms with E-state index in [0.717, 1.165) is 48.1 Å².